The second kappa shape index (κ2) is 8.61. The van der Waals surface area contributed by atoms with Crippen molar-refractivity contribution in [2.24, 2.45) is 0 Å². The Labute approximate surface area is 136 Å². The van der Waals surface area contributed by atoms with Gasteiger partial charge < -0.3 is 15.7 Å². The van der Waals surface area contributed by atoms with E-state index in [0.29, 0.717) is 24.5 Å². The number of carbonyl (C=O) groups is 2. The first-order valence-corrected chi connectivity index (χ1v) is 7.80. The molecule has 1 aromatic rings. The van der Waals surface area contributed by atoms with Crippen LogP contribution in [-0.2, 0) is 9.59 Å². The quantitative estimate of drug-likeness (QED) is 0.697. The second-order valence-electron chi connectivity index (χ2n) is 5.65. The van der Waals surface area contributed by atoms with Crippen LogP contribution in [0, 0.1) is 0 Å². The van der Waals surface area contributed by atoms with Gasteiger partial charge >= 0.3 is 0 Å². The average Bonchev–Trinajstić information content (AvgIpc) is 2.51. The highest BCUT2D eigenvalue weighted by Gasteiger charge is 2.18. The molecule has 1 aliphatic rings. The topological polar surface area (TPSA) is 84.9 Å². The number of amides is 2. The highest BCUT2D eigenvalue weighted by molar-refractivity contribution is 5.93. The first kappa shape index (κ1) is 17.4. The van der Waals surface area contributed by atoms with Crippen LogP contribution in [0.25, 0.3) is 0 Å². The normalized spacial score (nSPS) is 16.1. The Morgan fingerprint density at radius 1 is 1.00 bits per heavy atom. The zero-order chi connectivity index (χ0) is 16.7. The van der Waals surface area contributed by atoms with Crippen molar-refractivity contribution in [3.05, 3.63) is 24.3 Å². The van der Waals surface area contributed by atoms with Gasteiger partial charge in [-0.1, -0.05) is 0 Å². The van der Waals surface area contributed by atoms with Gasteiger partial charge in [0.2, 0.25) is 11.8 Å². The van der Waals surface area contributed by atoms with Crippen molar-refractivity contribution in [3.8, 4) is 0 Å². The fourth-order valence-electron chi connectivity index (χ4n) is 2.56. The summed E-state index contributed by atoms with van der Waals surface area (Å²) < 4.78 is 0. The number of anilines is 2. The lowest BCUT2D eigenvalue weighted by Crippen LogP contribution is -2.49. The number of benzene rings is 1. The predicted octanol–water partition coefficient (Wildman–Crippen LogP) is 0.193. The SMILES string of the molecule is CC(=O)Nc1ccc(NC(=O)CN2CCN(CCO)CC2)cc1. The van der Waals surface area contributed by atoms with Gasteiger partial charge in [-0.05, 0) is 24.3 Å². The van der Waals surface area contributed by atoms with E-state index in [-0.39, 0.29) is 18.4 Å². The Morgan fingerprint density at radius 2 is 1.52 bits per heavy atom. The van der Waals surface area contributed by atoms with Crippen molar-refractivity contribution in [2.45, 2.75) is 6.92 Å². The Morgan fingerprint density at radius 3 is 2.04 bits per heavy atom. The van der Waals surface area contributed by atoms with Crippen LogP contribution in [-0.4, -0.2) is 72.6 Å². The zero-order valence-electron chi connectivity index (χ0n) is 13.4. The fraction of sp³-hybridized carbons (Fsp3) is 0.500. The number of piperazine rings is 1. The van der Waals surface area contributed by atoms with Gasteiger partial charge in [0.15, 0.2) is 0 Å². The lowest BCUT2D eigenvalue weighted by Gasteiger charge is -2.33. The van der Waals surface area contributed by atoms with E-state index >= 15 is 0 Å². The van der Waals surface area contributed by atoms with Crippen LogP contribution < -0.4 is 10.6 Å². The van der Waals surface area contributed by atoms with Gasteiger partial charge in [-0.3, -0.25) is 19.4 Å². The van der Waals surface area contributed by atoms with E-state index in [4.69, 9.17) is 5.11 Å². The van der Waals surface area contributed by atoms with Crippen molar-refractivity contribution in [2.75, 3.05) is 56.5 Å². The maximum absolute atomic E-state index is 12.1. The van der Waals surface area contributed by atoms with E-state index in [2.05, 4.69) is 20.4 Å². The standard InChI is InChI=1S/C16H24N4O3/c1-13(22)17-14-2-4-15(5-3-14)18-16(23)12-20-8-6-19(7-9-20)10-11-21/h2-5,21H,6-12H2,1H3,(H,17,22)(H,18,23). The number of β-amino-alcohol motifs (C(OH)–C–C–N with tert-alkyl or cyclic N) is 1. The number of aliphatic hydroxyl groups is 1. The minimum Gasteiger partial charge on any atom is -0.395 e. The van der Waals surface area contributed by atoms with Crippen LogP contribution in [0.3, 0.4) is 0 Å². The molecular weight excluding hydrogens is 296 g/mol. The monoisotopic (exact) mass is 320 g/mol. The second-order valence-corrected chi connectivity index (χ2v) is 5.65. The zero-order valence-corrected chi connectivity index (χ0v) is 13.4. The Balaban J connectivity index is 1.75. The van der Waals surface area contributed by atoms with Crippen molar-refractivity contribution < 1.29 is 14.7 Å². The van der Waals surface area contributed by atoms with Crippen molar-refractivity contribution in [1.82, 2.24) is 9.80 Å². The van der Waals surface area contributed by atoms with Gasteiger partial charge in [0.05, 0.1) is 13.2 Å². The molecule has 1 aliphatic heterocycles. The summed E-state index contributed by atoms with van der Waals surface area (Å²) in [4.78, 5) is 27.3. The molecular formula is C16H24N4O3. The van der Waals surface area contributed by atoms with Gasteiger partial charge in [-0.25, -0.2) is 0 Å². The van der Waals surface area contributed by atoms with Crippen LogP contribution in [0.5, 0.6) is 0 Å². The van der Waals surface area contributed by atoms with E-state index < -0.39 is 0 Å². The minimum absolute atomic E-state index is 0.0483. The molecule has 7 nitrogen and oxygen atoms in total. The third kappa shape index (κ3) is 5.97. The number of nitrogens with zero attached hydrogens (tertiary/aromatic N) is 2. The Kier molecular flexibility index (Phi) is 6.52. The van der Waals surface area contributed by atoms with Crippen LogP contribution >= 0.6 is 0 Å². The molecule has 126 valence electrons. The van der Waals surface area contributed by atoms with Crippen LogP contribution in [0.2, 0.25) is 0 Å². The lowest BCUT2D eigenvalue weighted by molar-refractivity contribution is -0.117. The molecule has 0 radical (unpaired) electrons. The molecule has 2 rings (SSSR count). The van der Waals surface area contributed by atoms with Crippen molar-refractivity contribution >= 4 is 23.2 Å². The molecule has 1 heterocycles. The van der Waals surface area contributed by atoms with Gasteiger partial charge in [-0.15, -0.1) is 0 Å². The van der Waals surface area contributed by atoms with E-state index in [0.717, 1.165) is 26.2 Å². The summed E-state index contributed by atoms with van der Waals surface area (Å²) in [6.07, 6.45) is 0. The van der Waals surface area contributed by atoms with E-state index in [1.54, 1.807) is 24.3 Å². The minimum atomic E-state index is -0.123. The lowest BCUT2D eigenvalue weighted by atomic mass is 10.2. The summed E-state index contributed by atoms with van der Waals surface area (Å²) in [5.74, 6) is -0.171. The fourth-order valence-corrected chi connectivity index (χ4v) is 2.56. The molecule has 0 spiro atoms. The Hall–Kier alpha value is -1.96. The summed E-state index contributed by atoms with van der Waals surface area (Å²) >= 11 is 0. The van der Waals surface area contributed by atoms with Gasteiger partial charge in [0, 0.05) is 51.0 Å². The highest BCUT2D eigenvalue weighted by atomic mass is 16.3. The summed E-state index contributed by atoms with van der Waals surface area (Å²) in [6.45, 7) is 6.09. The maximum Gasteiger partial charge on any atom is 0.238 e. The summed E-state index contributed by atoms with van der Waals surface area (Å²) in [5, 5.41) is 14.5. The van der Waals surface area contributed by atoms with E-state index in [1.165, 1.54) is 6.92 Å². The number of nitrogens with one attached hydrogen (secondary N) is 2. The molecule has 23 heavy (non-hydrogen) atoms. The van der Waals surface area contributed by atoms with Gasteiger partial charge in [-0.2, -0.15) is 0 Å². The van der Waals surface area contributed by atoms with Crippen molar-refractivity contribution in [1.29, 1.82) is 0 Å². The largest absolute Gasteiger partial charge is 0.395 e. The smallest absolute Gasteiger partial charge is 0.238 e. The predicted molar refractivity (Wildman–Crippen MR) is 89.3 cm³/mol. The van der Waals surface area contributed by atoms with Gasteiger partial charge in [0.25, 0.3) is 0 Å². The number of aliphatic hydroxyl groups excluding tert-OH is 1. The molecule has 0 atom stereocenters. The Bertz CT molecular complexity index is 525. The first-order valence-electron chi connectivity index (χ1n) is 7.80. The molecule has 1 fully saturated rings. The maximum atomic E-state index is 12.1. The first-order chi connectivity index (χ1) is 11.1. The van der Waals surface area contributed by atoms with Crippen molar-refractivity contribution in [3.63, 3.8) is 0 Å². The molecule has 3 N–H and O–H groups in total. The summed E-state index contributed by atoms with van der Waals surface area (Å²) in [5.41, 5.74) is 1.42. The molecule has 1 aromatic carbocycles. The third-order valence-electron chi connectivity index (χ3n) is 3.74. The number of rotatable bonds is 6. The molecule has 0 bridgehead atoms. The molecule has 7 heteroatoms. The van der Waals surface area contributed by atoms with Crippen LogP contribution in [0.4, 0.5) is 11.4 Å². The number of hydrogen-bond acceptors (Lipinski definition) is 5. The third-order valence-corrected chi connectivity index (χ3v) is 3.74. The molecule has 1 saturated heterocycles. The molecule has 0 unspecified atom stereocenters. The van der Waals surface area contributed by atoms with Crippen LogP contribution in [0.1, 0.15) is 6.92 Å². The van der Waals surface area contributed by atoms with E-state index in [1.807, 2.05) is 0 Å². The number of carbonyl (C=O) groups excluding carboxylic acids is 2. The summed E-state index contributed by atoms with van der Waals surface area (Å²) in [6, 6.07) is 7.04. The number of hydrogen-bond donors (Lipinski definition) is 3. The molecule has 2 amide bonds. The molecule has 0 aliphatic carbocycles. The molecule has 0 aromatic heterocycles. The average molecular weight is 320 g/mol. The van der Waals surface area contributed by atoms with Crippen LogP contribution in [0.15, 0.2) is 24.3 Å². The summed E-state index contributed by atoms with van der Waals surface area (Å²) in [7, 11) is 0. The highest BCUT2D eigenvalue weighted by Crippen LogP contribution is 2.13. The van der Waals surface area contributed by atoms with Gasteiger partial charge in [0.1, 0.15) is 0 Å². The van der Waals surface area contributed by atoms with E-state index in [9.17, 15) is 9.59 Å². The molecule has 0 saturated carbocycles.